The Hall–Kier alpha value is -1.80. The van der Waals surface area contributed by atoms with Gasteiger partial charge in [-0.15, -0.1) is 11.3 Å². The second-order valence-electron chi connectivity index (χ2n) is 4.22. The number of hydrogen-bond acceptors (Lipinski definition) is 7. The van der Waals surface area contributed by atoms with Gasteiger partial charge in [-0.05, 0) is 6.92 Å². The van der Waals surface area contributed by atoms with Crippen molar-refractivity contribution < 1.29 is 9.32 Å². The lowest BCUT2D eigenvalue weighted by Crippen LogP contribution is -2.27. The predicted molar refractivity (Wildman–Crippen MR) is 75.4 cm³/mol. The van der Waals surface area contributed by atoms with Crippen LogP contribution in [0.25, 0.3) is 0 Å². The fourth-order valence-electron chi connectivity index (χ4n) is 1.71. The third kappa shape index (κ3) is 3.61. The molecule has 2 rings (SSSR count). The minimum atomic E-state index is 0.00336. The van der Waals surface area contributed by atoms with Crippen LogP contribution < -0.4 is 10.2 Å². The first-order valence-corrected chi connectivity index (χ1v) is 7.20. The zero-order chi connectivity index (χ0) is 14.5. The number of carbonyl (C=O) groups is 1. The molecule has 0 atom stereocenters. The van der Waals surface area contributed by atoms with Crippen molar-refractivity contribution >= 4 is 22.4 Å². The highest BCUT2D eigenvalue weighted by molar-refractivity contribution is 7.14. The van der Waals surface area contributed by atoms with Gasteiger partial charge < -0.3 is 9.84 Å². The van der Waals surface area contributed by atoms with Crippen LogP contribution in [0.5, 0.6) is 0 Å². The molecule has 8 heteroatoms. The first kappa shape index (κ1) is 14.6. The summed E-state index contributed by atoms with van der Waals surface area (Å²) in [6, 6.07) is 0. The van der Waals surface area contributed by atoms with E-state index in [9.17, 15) is 4.79 Å². The molecule has 0 unspecified atom stereocenters. The SMILES string of the molecule is CCN(C(C)=O)c1nc(CNCc2noc(C)n2)cs1. The summed E-state index contributed by atoms with van der Waals surface area (Å²) in [5, 5.41) is 9.65. The summed E-state index contributed by atoms with van der Waals surface area (Å²) < 4.78 is 4.88. The zero-order valence-corrected chi connectivity index (χ0v) is 12.5. The van der Waals surface area contributed by atoms with E-state index in [0.29, 0.717) is 31.3 Å². The summed E-state index contributed by atoms with van der Waals surface area (Å²) in [7, 11) is 0. The van der Waals surface area contributed by atoms with E-state index in [1.54, 1.807) is 18.7 Å². The minimum Gasteiger partial charge on any atom is -0.340 e. The Morgan fingerprint density at radius 3 is 2.85 bits per heavy atom. The third-order valence-electron chi connectivity index (χ3n) is 2.63. The van der Waals surface area contributed by atoms with Crippen LogP contribution in [-0.2, 0) is 17.9 Å². The summed E-state index contributed by atoms with van der Waals surface area (Å²) in [4.78, 5) is 21.6. The molecule has 0 spiro atoms. The maximum absolute atomic E-state index is 11.4. The molecule has 7 nitrogen and oxygen atoms in total. The normalized spacial score (nSPS) is 10.8. The van der Waals surface area contributed by atoms with Gasteiger partial charge in [-0.25, -0.2) is 4.98 Å². The first-order valence-electron chi connectivity index (χ1n) is 6.32. The van der Waals surface area contributed by atoms with Crippen LogP contribution >= 0.6 is 11.3 Å². The lowest BCUT2D eigenvalue weighted by molar-refractivity contribution is -0.116. The number of aryl methyl sites for hydroxylation is 1. The number of amides is 1. The molecule has 1 N–H and O–H groups in total. The van der Waals surface area contributed by atoms with Gasteiger partial charge >= 0.3 is 0 Å². The number of hydrogen-bond donors (Lipinski definition) is 1. The topological polar surface area (TPSA) is 84.2 Å². The fraction of sp³-hybridized carbons (Fsp3) is 0.500. The van der Waals surface area contributed by atoms with Crippen molar-refractivity contribution in [3.05, 3.63) is 22.8 Å². The lowest BCUT2D eigenvalue weighted by atomic mass is 10.4. The Balaban J connectivity index is 1.88. The van der Waals surface area contributed by atoms with E-state index in [2.05, 4.69) is 20.4 Å². The number of nitrogens with one attached hydrogen (secondary N) is 1. The van der Waals surface area contributed by atoms with Crippen molar-refractivity contribution in [1.82, 2.24) is 20.4 Å². The molecule has 0 aliphatic heterocycles. The molecule has 0 aromatic carbocycles. The summed E-state index contributed by atoms with van der Waals surface area (Å²) in [5.41, 5.74) is 0.893. The Kier molecular flexibility index (Phi) is 4.80. The van der Waals surface area contributed by atoms with Crippen molar-refractivity contribution in [1.29, 1.82) is 0 Å². The van der Waals surface area contributed by atoms with Gasteiger partial charge in [0.25, 0.3) is 0 Å². The molecule has 2 aromatic rings. The van der Waals surface area contributed by atoms with Gasteiger partial charge in [-0.1, -0.05) is 5.16 Å². The fourth-order valence-corrected chi connectivity index (χ4v) is 2.64. The highest BCUT2D eigenvalue weighted by Crippen LogP contribution is 2.20. The molecule has 2 heterocycles. The molecule has 108 valence electrons. The Labute approximate surface area is 121 Å². The van der Waals surface area contributed by atoms with Crippen LogP contribution in [0.1, 0.15) is 31.3 Å². The van der Waals surface area contributed by atoms with Crippen LogP contribution in [0.4, 0.5) is 5.13 Å². The van der Waals surface area contributed by atoms with E-state index in [1.807, 2.05) is 12.3 Å². The minimum absolute atomic E-state index is 0.00336. The van der Waals surface area contributed by atoms with E-state index in [0.717, 1.165) is 10.8 Å². The smallest absolute Gasteiger partial charge is 0.225 e. The molecule has 1 amide bonds. The van der Waals surface area contributed by atoms with Crippen molar-refractivity contribution in [3.8, 4) is 0 Å². The number of rotatable bonds is 6. The molecule has 0 saturated carbocycles. The lowest BCUT2D eigenvalue weighted by Gasteiger charge is -2.14. The van der Waals surface area contributed by atoms with Gasteiger partial charge in [-0.2, -0.15) is 4.98 Å². The van der Waals surface area contributed by atoms with Crippen LogP contribution in [0, 0.1) is 6.92 Å². The number of nitrogens with zero attached hydrogens (tertiary/aromatic N) is 4. The summed E-state index contributed by atoms with van der Waals surface area (Å²) in [6.45, 7) is 6.97. The van der Waals surface area contributed by atoms with Crippen LogP contribution in [0.3, 0.4) is 0 Å². The standard InChI is InChI=1S/C12H17N5O2S/c1-4-17(9(3)18)12-15-10(7-20-12)5-13-6-11-14-8(2)19-16-11/h7,13H,4-6H2,1-3H3. The molecule has 0 saturated heterocycles. The highest BCUT2D eigenvalue weighted by Gasteiger charge is 2.13. The van der Waals surface area contributed by atoms with Gasteiger partial charge in [0.2, 0.25) is 11.8 Å². The molecule has 2 aromatic heterocycles. The summed E-state index contributed by atoms with van der Waals surface area (Å²) in [5.74, 6) is 1.18. The molecular weight excluding hydrogens is 278 g/mol. The van der Waals surface area contributed by atoms with E-state index < -0.39 is 0 Å². The Morgan fingerprint density at radius 1 is 1.45 bits per heavy atom. The van der Waals surface area contributed by atoms with Gasteiger partial charge in [-0.3, -0.25) is 9.69 Å². The van der Waals surface area contributed by atoms with E-state index in [-0.39, 0.29) is 5.91 Å². The second-order valence-corrected chi connectivity index (χ2v) is 5.05. The zero-order valence-electron chi connectivity index (χ0n) is 11.7. The number of carbonyl (C=O) groups excluding carboxylic acids is 1. The van der Waals surface area contributed by atoms with Gasteiger partial charge in [0.1, 0.15) is 0 Å². The van der Waals surface area contributed by atoms with Crippen LogP contribution in [0.2, 0.25) is 0 Å². The monoisotopic (exact) mass is 295 g/mol. The van der Waals surface area contributed by atoms with Gasteiger partial charge in [0.15, 0.2) is 11.0 Å². The number of thiazole rings is 1. The van der Waals surface area contributed by atoms with Crippen LogP contribution in [-0.4, -0.2) is 27.6 Å². The van der Waals surface area contributed by atoms with Crippen molar-refractivity contribution in [2.45, 2.75) is 33.9 Å². The van der Waals surface area contributed by atoms with E-state index in [1.165, 1.54) is 11.3 Å². The second kappa shape index (κ2) is 6.58. The third-order valence-corrected chi connectivity index (χ3v) is 3.54. The quantitative estimate of drug-likeness (QED) is 0.869. The predicted octanol–water partition coefficient (Wildman–Crippen LogP) is 1.50. The first-order chi connectivity index (χ1) is 9.60. The van der Waals surface area contributed by atoms with Crippen molar-refractivity contribution in [3.63, 3.8) is 0 Å². The maximum atomic E-state index is 11.4. The van der Waals surface area contributed by atoms with Gasteiger partial charge in [0, 0.05) is 32.3 Å². The van der Waals surface area contributed by atoms with Crippen molar-refractivity contribution in [2.75, 3.05) is 11.4 Å². The maximum Gasteiger partial charge on any atom is 0.225 e. The summed E-state index contributed by atoms with van der Waals surface area (Å²) >= 11 is 1.47. The van der Waals surface area contributed by atoms with Crippen LogP contribution in [0.15, 0.2) is 9.90 Å². The largest absolute Gasteiger partial charge is 0.340 e. The Bertz CT molecular complexity index is 580. The molecule has 0 aliphatic carbocycles. The van der Waals surface area contributed by atoms with E-state index >= 15 is 0 Å². The average molecular weight is 295 g/mol. The highest BCUT2D eigenvalue weighted by atomic mass is 32.1. The van der Waals surface area contributed by atoms with Gasteiger partial charge in [0.05, 0.1) is 12.2 Å². The number of anilines is 1. The summed E-state index contributed by atoms with van der Waals surface area (Å²) in [6.07, 6.45) is 0. The number of aromatic nitrogens is 3. The molecule has 0 radical (unpaired) electrons. The van der Waals surface area contributed by atoms with E-state index in [4.69, 9.17) is 4.52 Å². The Morgan fingerprint density at radius 2 is 2.25 bits per heavy atom. The molecule has 20 heavy (non-hydrogen) atoms. The molecule has 0 fully saturated rings. The average Bonchev–Trinajstić information content (AvgIpc) is 3.00. The molecule has 0 bridgehead atoms. The molecule has 0 aliphatic rings. The van der Waals surface area contributed by atoms with Crippen molar-refractivity contribution in [2.24, 2.45) is 0 Å². The molecular formula is C12H17N5O2S.